The van der Waals surface area contributed by atoms with Crippen LogP contribution in [-0.4, -0.2) is 191 Å². The first-order valence-electron chi connectivity index (χ1n) is 27.9. The van der Waals surface area contributed by atoms with E-state index in [4.69, 9.17) is 56.9 Å². The number of nitrogens with zero attached hydrogens (tertiary/aromatic N) is 8. The lowest BCUT2D eigenvalue weighted by Gasteiger charge is -2.45. The van der Waals surface area contributed by atoms with Crippen molar-refractivity contribution in [3.63, 3.8) is 0 Å². The van der Waals surface area contributed by atoms with E-state index in [0.717, 1.165) is 123 Å². The molecule has 4 aromatic carbocycles. The van der Waals surface area contributed by atoms with Crippen LogP contribution >= 0.6 is 46.4 Å². The van der Waals surface area contributed by atoms with Gasteiger partial charge in [-0.15, -0.1) is 0 Å². The number of carbonyl (C=O) groups is 4. The van der Waals surface area contributed by atoms with E-state index in [-0.39, 0.29) is 42.4 Å². The van der Waals surface area contributed by atoms with Crippen molar-refractivity contribution < 1.29 is 29.0 Å². The summed E-state index contributed by atoms with van der Waals surface area (Å²) in [5.74, 6) is -0.0207. The molecule has 7 N–H and O–H groups in total. The fourth-order valence-corrected chi connectivity index (χ4v) is 12.6. The Morgan fingerprint density at radius 1 is 0.530 bits per heavy atom. The van der Waals surface area contributed by atoms with Gasteiger partial charge < -0.3 is 74.7 Å². The van der Waals surface area contributed by atoms with Gasteiger partial charge in [-0.1, -0.05) is 46.4 Å². The number of primary amides is 1. The summed E-state index contributed by atoms with van der Waals surface area (Å²) in [4.78, 5) is 75.9. The summed E-state index contributed by atoms with van der Waals surface area (Å²) in [6.45, 7) is 19.2. The molecule has 23 heteroatoms. The highest BCUT2D eigenvalue weighted by Gasteiger charge is 2.34. The number of fused-ring (bicyclic) bond motifs is 4. The van der Waals surface area contributed by atoms with E-state index in [1.807, 2.05) is 95.3 Å². The second-order valence-corrected chi connectivity index (χ2v) is 23.7. The lowest BCUT2D eigenvalue weighted by atomic mass is 10.1. The molecule has 0 unspecified atom stereocenters. The third-order valence-corrected chi connectivity index (χ3v) is 16.5. The van der Waals surface area contributed by atoms with E-state index in [2.05, 4.69) is 65.5 Å². The van der Waals surface area contributed by atoms with Crippen molar-refractivity contribution in [2.45, 2.75) is 52.3 Å². The molecule has 8 heterocycles. The monoisotopic (exact) mass is 1210 g/mol. The van der Waals surface area contributed by atoms with Gasteiger partial charge in [-0.05, 0) is 100 Å². The largest absolute Gasteiger partial charge is 0.381 e. The number of aromatic amines is 4. The molecule has 0 radical (unpaired) electrons. The number of carbonyl (C=O) groups excluding carboxylic acids is 4. The van der Waals surface area contributed by atoms with Gasteiger partial charge in [0.2, 0.25) is 11.8 Å². The SMILES string of the molecule is CC(=O)N1[C@H](C)CN(c2cc(Cl)cc3[nH]ccc23)C[C@@H]1C.CC(C)(O)C(=O)N1CCN(c2cc(Cl)cc3[nH]ccc23)CC1.COCC(=O)N1CCN(c2cc(Cl)cc3[nH]ccc23)CC1.NC(=O)N1CCN(c2cc(Cl)cc3[nH]ccc23)CC1. The molecule has 4 saturated heterocycles. The Morgan fingerprint density at radius 2 is 0.843 bits per heavy atom. The molecule has 4 aromatic heterocycles. The zero-order chi connectivity index (χ0) is 59.3. The zero-order valence-corrected chi connectivity index (χ0v) is 50.7. The highest BCUT2D eigenvalue weighted by Crippen LogP contribution is 2.36. The molecule has 4 aliphatic heterocycles. The third-order valence-electron chi connectivity index (χ3n) is 15.7. The summed E-state index contributed by atoms with van der Waals surface area (Å²) in [5.41, 5.74) is 12.6. The second kappa shape index (κ2) is 26.3. The smallest absolute Gasteiger partial charge is 0.314 e. The number of aromatic nitrogens is 4. The van der Waals surface area contributed by atoms with Crippen LogP contribution in [0.4, 0.5) is 27.5 Å². The number of anilines is 4. The predicted octanol–water partition coefficient (Wildman–Crippen LogP) is 9.65. The van der Waals surface area contributed by atoms with Crippen LogP contribution in [0.3, 0.4) is 0 Å². The van der Waals surface area contributed by atoms with Gasteiger partial charge in [0.1, 0.15) is 12.2 Å². The molecule has 0 bridgehead atoms. The van der Waals surface area contributed by atoms with Gasteiger partial charge in [-0.3, -0.25) is 14.4 Å². The van der Waals surface area contributed by atoms with Crippen molar-refractivity contribution in [2.24, 2.45) is 5.73 Å². The number of amides is 5. The fourth-order valence-electron chi connectivity index (χ4n) is 11.8. The number of rotatable bonds is 7. The maximum Gasteiger partial charge on any atom is 0.314 e. The molecule has 12 rings (SSSR count). The Morgan fingerprint density at radius 3 is 1.14 bits per heavy atom. The zero-order valence-electron chi connectivity index (χ0n) is 47.7. The van der Waals surface area contributed by atoms with Crippen LogP contribution in [0.15, 0.2) is 97.6 Å². The van der Waals surface area contributed by atoms with E-state index in [9.17, 15) is 24.3 Å². The average molecular weight is 1210 g/mol. The summed E-state index contributed by atoms with van der Waals surface area (Å²) < 4.78 is 4.90. The average Bonchev–Trinajstić information content (AvgIpc) is 4.41. The number of hydrogen-bond donors (Lipinski definition) is 6. The molecule has 0 saturated carbocycles. The van der Waals surface area contributed by atoms with E-state index in [0.29, 0.717) is 49.3 Å². The van der Waals surface area contributed by atoms with Crippen LogP contribution in [0.5, 0.6) is 0 Å². The lowest BCUT2D eigenvalue weighted by Crippen LogP contribution is -2.58. The highest BCUT2D eigenvalue weighted by molar-refractivity contribution is 6.33. The molecule has 0 spiro atoms. The van der Waals surface area contributed by atoms with Gasteiger partial charge in [0.05, 0.1) is 0 Å². The van der Waals surface area contributed by atoms with E-state index in [1.54, 1.807) is 23.8 Å². The summed E-state index contributed by atoms with van der Waals surface area (Å²) in [6, 6.07) is 23.9. The maximum absolute atomic E-state index is 12.1. The summed E-state index contributed by atoms with van der Waals surface area (Å²) in [6.07, 6.45) is 7.66. The summed E-state index contributed by atoms with van der Waals surface area (Å²) in [5, 5.41) is 17.3. The Hall–Kier alpha value is -7.00. The third kappa shape index (κ3) is 14.2. The Labute approximate surface area is 503 Å². The molecule has 5 amide bonds. The number of nitrogens with two attached hydrogens (primary N) is 1. The molecule has 2 atom stereocenters. The summed E-state index contributed by atoms with van der Waals surface area (Å²) in [7, 11) is 1.54. The van der Waals surface area contributed by atoms with Crippen molar-refractivity contribution in [2.75, 3.05) is 125 Å². The number of ether oxygens (including phenoxy) is 1. The minimum Gasteiger partial charge on any atom is -0.381 e. The standard InChI is InChI=1S/C16H20ClN3O2.C16H20ClN3O.C15H18ClN3O2.C13H15ClN4O/c1-16(2,22)15(21)20-7-5-19(6-8-20)14-10-11(17)9-13-12(14)3-4-18-13;1-10-8-19(9-11(2)20(10)12(3)21)16-7-13(17)6-15-14(16)4-5-18-15;1-21-10-15(20)19-6-4-18(5-7-19)14-9-11(16)8-13-12(14)2-3-17-13;14-9-7-11-10(1-2-16-11)12(8-9)17-3-5-18(6-4-17)13(15)19/h3-4,9-10,18,22H,5-8H2,1-2H3;4-7,10-11,18H,8-9H2,1-3H3;2-3,8-9,17H,4-7,10H2,1H3;1-2,7-8,16H,3-6H2,(H2,15,19)/t;10-,11+;;. The minimum absolute atomic E-state index is 0.0510. The topological polar surface area (TPSA) is 213 Å². The first kappa shape index (κ1) is 60.6. The normalized spacial score (nSPS) is 17.8. The van der Waals surface area contributed by atoms with Crippen LogP contribution in [-0.2, 0) is 19.1 Å². The number of benzene rings is 4. The van der Waals surface area contributed by atoms with Crippen LogP contribution < -0.4 is 25.3 Å². The molecule has 4 fully saturated rings. The maximum atomic E-state index is 12.1. The van der Waals surface area contributed by atoms with Gasteiger partial charge in [0, 0.05) is 229 Å². The van der Waals surface area contributed by atoms with Gasteiger partial charge in [-0.25, -0.2) is 4.79 Å². The predicted molar refractivity (Wildman–Crippen MR) is 336 cm³/mol. The number of hydrogen-bond acceptors (Lipinski definition) is 10. The molecule has 442 valence electrons. The molecule has 83 heavy (non-hydrogen) atoms. The lowest BCUT2D eigenvalue weighted by molar-refractivity contribution is -0.148. The van der Waals surface area contributed by atoms with Crippen molar-refractivity contribution in [3.05, 3.63) is 118 Å². The first-order chi connectivity index (χ1) is 39.7. The Kier molecular flexibility index (Phi) is 19.2. The van der Waals surface area contributed by atoms with Gasteiger partial charge in [0.15, 0.2) is 0 Å². The van der Waals surface area contributed by atoms with Crippen LogP contribution in [0.2, 0.25) is 20.1 Å². The molecular weight excluding hydrogens is 1140 g/mol. The number of halogens is 4. The van der Waals surface area contributed by atoms with Crippen molar-refractivity contribution in [1.82, 2.24) is 39.5 Å². The highest BCUT2D eigenvalue weighted by atomic mass is 35.5. The molecule has 19 nitrogen and oxygen atoms in total. The van der Waals surface area contributed by atoms with Crippen molar-refractivity contribution >= 4 is 137 Å². The Bertz CT molecular complexity index is 3560. The number of aliphatic hydroxyl groups is 1. The van der Waals surface area contributed by atoms with E-state index in [1.165, 1.54) is 19.2 Å². The minimum atomic E-state index is -1.31. The van der Waals surface area contributed by atoms with Crippen molar-refractivity contribution in [3.8, 4) is 0 Å². The molecule has 4 aliphatic rings. The summed E-state index contributed by atoms with van der Waals surface area (Å²) >= 11 is 24.8. The molecule has 8 aromatic rings. The van der Waals surface area contributed by atoms with Crippen molar-refractivity contribution in [1.29, 1.82) is 0 Å². The van der Waals surface area contributed by atoms with Crippen LogP contribution in [0, 0.1) is 0 Å². The first-order valence-corrected chi connectivity index (χ1v) is 29.4. The molecular formula is C60H73Cl4N13O6. The number of H-pyrrole nitrogens is 4. The van der Waals surface area contributed by atoms with Gasteiger partial charge in [0.25, 0.3) is 5.91 Å². The van der Waals surface area contributed by atoms with Crippen LogP contribution in [0.1, 0.15) is 34.6 Å². The Balaban J connectivity index is 0.000000133. The van der Waals surface area contributed by atoms with Gasteiger partial charge >= 0.3 is 6.03 Å². The number of piperazine rings is 4. The quantitative estimate of drug-likeness (QED) is 0.0889. The van der Waals surface area contributed by atoms with Gasteiger partial charge in [-0.2, -0.15) is 0 Å². The van der Waals surface area contributed by atoms with E-state index < -0.39 is 5.60 Å². The number of methoxy groups -OCH3 is 1. The second-order valence-electron chi connectivity index (χ2n) is 21.9. The number of urea groups is 1. The fraction of sp³-hybridized carbons (Fsp3) is 0.400. The van der Waals surface area contributed by atoms with Crippen LogP contribution in [0.25, 0.3) is 43.6 Å². The molecule has 0 aliphatic carbocycles. The number of nitrogens with one attached hydrogen (secondary N) is 4. The van der Waals surface area contributed by atoms with E-state index >= 15 is 0 Å².